The number of methoxy groups -OCH3 is 1. The first-order chi connectivity index (χ1) is 14.9. The molecule has 0 radical (unpaired) electrons. The summed E-state index contributed by atoms with van der Waals surface area (Å²) >= 11 is 3.46. The Labute approximate surface area is 186 Å². The number of Topliss-reactive ketones (excluding diaryl/α,β-unsaturated/α-hetero) is 1. The van der Waals surface area contributed by atoms with Gasteiger partial charge in [-0.15, -0.1) is 0 Å². The summed E-state index contributed by atoms with van der Waals surface area (Å²) in [5, 5.41) is 3.69. The molecule has 31 heavy (non-hydrogen) atoms. The predicted molar refractivity (Wildman–Crippen MR) is 115 cm³/mol. The second-order valence-corrected chi connectivity index (χ2v) is 7.74. The number of fused-ring (bicyclic) bond motifs is 1. The van der Waals surface area contributed by atoms with Gasteiger partial charge in [-0.25, -0.2) is 0 Å². The molecule has 0 fully saturated rings. The standard InChI is InChI=1S/C23H18BrNO6/c1-13-9-16(29-21(26)8-7-15-12-20(28-2)25-31-15)11-18-22(13)23(27)19(30-18)10-14-5-3-4-6-17(14)24/h3-6,9-12H,7-8H2,1-2H3/b19-10-. The normalized spacial score (nSPS) is 13.8. The van der Waals surface area contributed by atoms with E-state index < -0.39 is 5.97 Å². The number of aromatic nitrogens is 1. The van der Waals surface area contributed by atoms with Crippen LogP contribution >= 0.6 is 15.9 Å². The van der Waals surface area contributed by atoms with Crippen molar-refractivity contribution in [3.8, 4) is 17.4 Å². The lowest BCUT2D eigenvalue weighted by Gasteiger charge is -2.07. The summed E-state index contributed by atoms with van der Waals surface area (Å²) in [6, 6.07) is 12.3. The lowest BCUT2D eigenvalue weighted by Crippen LogP contribution is -2.09. The van der Waals surface area contributed by atoms with Crippen molar-refractivity contribution in [2.24, 2.45) is 0 Å². The third-order valence-electron chi connectivity index (χ3n) is 4.69. The number of rotatable bonds is 6. The van der Waals surface area contributed by atoms with Gasteiger partial charge in [0.05, 0.1) is 19.1 Å². The Morgan fingerprint density at radius 1 is 1.23 bits per heavy atom. The molecular formula is C23H18BrNO6. The molecule has 7 nitrogen and oxygen atoms in total. The highest BCUT2D eigenvalue weighted by molar-refractivity contribution is 9.10. The van der Waals surface area contributed by atoms with Crippen LogP contribution in [0.3, 0.4) is 0 Å². The third-order valence-corrected chi connectivity index (χ3v) is 5.41. The Morgan fingerprint density at radius 2 is 2.03 bits per heavy atom. The number of ketones is 1. The molecule has 0 unspecified atom stereocenters. The largest absolute Gasteiger partial charge is 0.479 e. The van der Waals surface area contributed by atoms with Crippen LogP contribution in [-0.4, -0.2) is 24.0 Å². The first kappa shape index (κ1) is 20.9. The molecule has 8 heteroatoms. The molecule has 0 amide bonds. The minimum Gasteiger partial charge on any atom is -0.479 e. The molecular weight excluding hydrogens is 466 g/mol. The topological polar surface area (TPSA) is 87.9 Å². The molecule has 3 aromatic rings. The summed E-state index contributed by atoms with van der Waals surface area (Å²) in [4.78, 5) is 25.1. The molecule has 1 aromatic heterocycles. The number of carbonyl (C=O) groups is 2. The molecule has 0 atom stereocenters. The van der Waals surface area contributed by atoms with Crippen LogP contribution in [-0.2, 0) is 11.2 Å². The number of esters is 1. The molecule has 1 aliphatic heterocycles. The van der Waals surface area contributed by atoms with Crippen LogP contribution in [0, 0.1) is 6.92 Å². The van der Waals surface area contributed by atoms with E-state index in [4.69, 9.17) is 18.7 Å². The Bertz CT molecular complexity index is 1200. The SMILES string of the molecule is COc1cc(CCC(=O)Oc2cc(C)c3c(c2)O/C(=C\c2ccccc2Br)C3=O)on1. The van der Waals surface area contributed by atoms with Gasteiger partial charge in [-0.3, -0.25) is 9.59 Å². The van der Waals surface area contributed by atoms with Gasteiger partial charge in [0.2, 0.25) is 5.78 Å². The maximum atomic E-state index is 12.8. The van der Waals surface area contributed by atoms with Gasteiger partial charge < -0.3 is 18.7 Å². The zero-order chi connectivity index (χ0) is 22.0. The monoisotopic (exact) mass is 483 g/mol. The minimum absolute atomic E-state index is 0.0987. The number of hydrogen-bond acceptors (Lipinski definition) is 7. The maximum absolute atomic E-state index is 12.8. The first-order valence-electron chi connectivity index (χ1n) is 9.48. The summed E-state index contributed by atoms with van der Waals surface area (Å²) in [7, 11) is 1.48. The van der Waals surface area contributed by atoms with Crippen molar-refractivity contribution >= 4 is 33.8 Å². The maximum Gasteiger partial charge on any atom is 0.311 e. The molecule has 2 heterocycles. The minimum atomic E-state index is -0.442. The summed E-state index contributed by atoms with van der Waals surface area (Å²) in [6.07, 6.45) is 2.11. The molecule has 0 spiro atoms. The van der Waals surface area contributed by atoms with E-state index in [1.807, 2.05) is 24.3 Å². The van der Waals surface area contributed by atoms with Crippen LogP contribution in [0.1, 0.15) is 33.7 Å². The van der Waals surface area contributed by atoms with Gasteiger partial charge in [-0.1, -0.05) is 34.1 Å². The van der Waals surface area contributed by atoms with E-state index in [1.54, 1.807) is 31.2 Å². The van der Waals surface area contributed by atoms with Crippen molar-refractivity contribution < 1.29 is 28.3 Å². The van der Waals surface area contributed by atoms with Gasteiger partial charge in [0, 0.05) is 23.0 Å². The summed E-state index contributed by atoms with van der Waals surface area (Å²) in [6.45, 7) is 1.78. The lowest BCUT2D eigenvalue weighted by atomic mass is 10.0. The van der Waals surface area contributed by atoms with E-state index in [0.29, 0.717) is 40.7 Å². The van der Waals surface area contributed by atoms with Gasteiger partial charge in [0.25, 0.3) is 5.88 Å². The number of nitrogens with zero attached hydrogens (tertiary/aromatic N) is 1. The van der Waals surface area contributed by atoms with E-state index >= 15 is 0 Å². The van der Waals surface area contributed by atoms with E-state index in [2.05, 4.69) is 21.1 Å². The molecule has 4 rings (SSSR count). The van der Waals surface area contributed by atoms with Gasteiger partial charge in [-0.05, 0) is 41.4 Å². The number of aryl methyl sites for hydroxylation is 2. The Morgan fingerprint density at radius 3 is 2.77 bits per heavy atom. The Kier molecular flexibility index (Phi) is 5.90. The number of hydrogen-bond donors (Lipinski definition) is 0. The predicted octanol–water partition coefficient (Wildman–Crippen LogP) is 4.91. The van der Waals surface area contributed by atoms with Crippen LogP contribution < -0.4 is 14.2 Å². The molecule has 1 aliphatic rings. The fourth-order valence-electron chi connectivity index (χ4n) is 3.19. The van der Waals surface area contributed by atoms with E-state index in [0.717, 1.165) is 10.0 Å². The van der Waals surface area contributed by atoms with Crippen molar-refractivity contribution in [2.75, 3.05) is 7.11 Å². The quantitative estimate of drug-likeness (QED) is 0.279. The second kappa shape index (κ2) is 8.77. The van der Waals surface area contributed by atoms with Crippen molar-refractivity contribution in [2.45, 2.75) is 19.8 Å². The van der Waals surface area contributed by atoms with Crippen molar-refractivity contribution in [3.05, 3.63) is 75.1 Å². The van der Waals surface area contributed by atoms with Crippen LogP contribution in [0.5, 0.6) is 17.4 Å². The highest BCUT2D eigenvalue weighted by atomic mass is 79.9. The highest BCUT2D eigenvalue weighted by Crippen LogP contribution is 2.38. The summed E-state index contributed by atoms with van der Waals surface area (Å²) < 4.78 is 22.1. The van der Waals surface area contributed by atoms with Crippen molar-refractivity contribution in [1.82, 2.24) is 5.16 Å². The average molecular weight is 484 g/mol. The van der Waals surface area contributed by atoms with Crippen LogP contribution in [0.15, 0.2) is 57.2 Å². The summed E-state index contributed by atoms with van der Waals surface area (Å²) in [5.41, 5.74) is 1.96. The molecule has 0 saturated heterocycles. The Balaban J connectivity index is 1.47. The molecule has 0 N–H and O–H groups in total. The average Bonchev–Trinajstić information content (AvgIpc) is 3.33. The molecule has 158 valence electrons. The Hall–Kier alpha value is -3.39. The van der Waals surface area contributed by atoms with Crippen LogP contribution in [0.25, 0.3) is 6.08 Å². The zero-order valence-corrected chi connectivity index (χ0v) is 18.4. The van der Waals surface area contributed by atoms with Gasteiger partial charge in [0.1, 0.15) is 17.3 Å². The third kappa shape index (κ3) is 4.54. The zero-order valence-electron chi connectivity index (χ0n) is 16.8. The van der Waals surface area contributed by atoms with E-state index in [9.17, 15) is 9.59 Å². The number of ether oxygens (including phenoxy) is 3. The first-order valence-corrected chi connectivity index (χ1v) is 10.3. The van der Waals surface area contributed by atoms with E-state index in [1.165, 1.54) is 7.11 Å². The fraction of sp³-hybridized carbons (Fsp3) is 0.174. The number of benzene rings is 2. The summed E-state index contributed by atoms with van der Waals surface area (Å²) in [5.74, 6) is 1.12. The molecule has 0 bridgehead atoms. The van der Waals surface area contributed by atoms with Gasteiger partial charge >= 0.3 is 5.97 Å². The smallest absolute Gasteiger partial charge is 0.311 e. The fourth-order valence-corrected chi connectivity index (χ4v) is 3.58. The van der Waals surface area contributed by atoms with Gasteiger partial charge in [0.15, 0.2) is 5.76 Å². The van der Waals surface area contributed by atoms with Crippen LogP contribution in [0.2, 0.25) is 0 Å². The van der Waals surface area contributed by atoms with Crippen LogP contribution in [0.4, 0.5) is 0 Å². The van der Waals surface area contributed by atoms with Crippen molar-refractivity contribution in [1.29, 1.82) is 0 Å². The molecule has 0 aliphatic carbocycles. The molecule has 0 saturated carbocycles. The number of halogens is 1. The number of allylic oxidation sites excluding steroid dienone is 1. The van der Waals surface area contributed by atoms with Crippen molar-refractivity contribution in [3.63, 3.8) is 0 Å². The van der Waals surface area contributed by atoms with Gasteiger partial charge in [-0.2, -0.15) is 0 Å². The molecule has 2 aromatic carbocycles. The lowest BCUT2D eigenvalue weighted by molar-refractivity contribution is -0.134. The van der Waals surface area contributed by atoms with E-state index in [-0.39, 0.29) is 18.0 Å². The number of carbonyl (C=O) groups excluding carboxylic acids is 2. The second-order valence-electron chi connectivity index (χ2n) is 6.88. The highest BCUT2D eigenvalue weighted by Gasteiger charge is 2.30.